The maximum atomic E-state index is 3.73. The van der Waals surface area contributed by atoms with Gasteiger partial charge in [-0.1, -0.05) is 63.9 Å². The summed E-state index contributed by atoms with van der Waals surface area (Å²) in [5.41, 5.74) is 1.43. The SMILES string of the molecule is CCCCC(NCCN(CC)CC)c1ccccc1. The summed E-state index contributed by atoms with van der Waals surface area (Å²) in [6.45, 7) is 11.2. The second kappa shape index (κ2) is 9.99. The van der Waals surface area contributed by atoms with Gasteiger partial charge in [0.15, 0.2) is 0 Å². The number of hydrogen-bond donors (Lipinski definition) is 1. The molecule has 0 bridgehead atoms. The molecule has 0 fully saturated rings. The third-order valence-corrected chi connectivity index (χ3v) is 3.76. The normalized spacial score (nSPS) is 12.8. The van der Waals surface area contributed by atoms with Crippen LogP contribution in [0.1, 0.15) is 51.6 Å². The van der Waals surface area contributed by atoms with E-state index in [4.69, 9.17) is 0 Å². The second-order valence-corrected chi connectivity index (χ2v) is 5.09. The predicted molar refractivity (Wildman–Crippen MR) is 84.5 cm³/mol. The van der Waals surface area contributed by atoms with Gasteiger partial charge >= 0.3 is 0 Å². The monoisotopic (exact) mass is 262 g/mol. The van der Waals surface area contributed by atoms with Gasteiger partial charge in [-0.15, -0.1) is 0 Å². The lowest BCUT2D eigenvalue weighted by molar-refractivity contribution is 0.294. The maximum absolute atomic E-state index is 3.73. The number of nitrogens with one attached hydrogen (secondary N) is 1. The van der Waals surface area contributed by atoms with Gasteiger partial charge in [0.25, 0.3) is 0 Å². The van der Waals surface area contributed by atoms with Gasteiger partial charge in [-0.2, -0.15) is 0 Å². The molecule has 1 aromatic rings. The smallest absolute Gasteiger partial charge is 0.0320 e. The van der Waals surface area contributed by atoms with E-state index in [9.17, 15) is 0 Å². The van der Waals surface area contributed by atoms with Gasteiger partial charge in [-0.3, -0.25) is 0 Å². The van der Waals surface area contributed by atoms with Gasteiger partial charge < -0.3 is 10.2 Å². The average molecular weight is 262 g/mol. The van der Waals surface area contributed by atoms with E-state index in [-0.39, 0.29) is 0 Å². The summed E-state index contributed by atoms with van der Waals surface area (Å²) >= 11 is 0. The van der Waals surface area contributed by atoms with Crippen molar-refractivity contribution >= 4 is 0 Å². The van der Waals surface area contributed by atoms with Gasteiger partial charge in [0.2, 0.25) is 0 Å². The topological polar surface area (TPSA) is 15.3 Å². The Kier molecular flexibility index (Phi) is 8.52. The van der Waals surface area contributed by atoms with E-state index in [2.05, 4.69) is 61.3 Å². The number of unbranched alkanes of at least 4 members (excludes halogenated alkanes) is 1. The summed E-state index contributed by atoms with van der Waals surface area (Å²) < 4.78 is 0. The Morgan fingerprint density at radius 2 is 1.74 bits per heavy atom. The van der Waals surface area contributed by atoms with Crippen molar-refractivity contribution in [3.05, 3.63) is 35.9 Å². The molecule has 2 nitrogen and oxygen atoms in total. The quantitative estimate of drug-likeness (QED) is 0.689. The molecule has 0 aromatic heterocycles. The Balaban J connectivity index is 2.46. The molecule has 1 aromatic carbocycles. The van der Waals surface area contributed by atoms with Gasteiger partial charge in [0, 0.05) is 19.1 Å². The lowest BCUT2D eigenvalue weighted by Gasteiger charge is -2.23. The van der Waals surface area contributed by atoms with Crippen LogP contribution in [0.2, 0.25) is 0 Å². The highest BCUT2D eigenvalue weighted by Gasteiger charge is 2.10. The van der Waals surface area contributed by atoms with Crippen LogP contribution in [0.5, 0.6) is 0 Å². The predicted octanol–water partition coefficient (Wildman–Crippen LogP) is 3.85. The van der Waals surface area contributed by atoms with E-state index in [1.54, 1.807) is 0 Å². The van der Waals surface area contributed by atoms with Crippen molar-refractivity contribution in [2.45, 2.75) is 46.1 Å². The van der Waals surface area contributed by atoms with Crippen molar-refractivity contribution in [3.63, 3.8) is 0 Å². The first-order valence-corrected chi connectivity index (χ1v) is 7.82. The third-order valence-electron chi connectivity index (χ3n) is 3.76. The van der Waals surface area contributed by atoms with E-state index >= 15 is 0 Å². The Hall–Kier alpha value is -0.860. The van der Waals surface area contributed by atoms with Gasteiger partial charge in [-0.05, 0) is 25.1 Å². The molecule has 1 atom stereocenters. The Bertz CT molecular complexity index is 306. The van der Waals surface area contributed by atoms with Crippen LogP contribution in [0.25, 0.3) is 0 Å². The van der Waals surface area contributed by atoms with Crippen molar-refractivity contribution in [2.24, 2.45) is 0 Å². The molecule has 0 aliphatic heterocycles. The number of benzene rings is 1. The molecule has 0 saturated carbocycles. The average Bonchev–Trinajstić information content (AvgIpc) is 2.47. The molecular formula is C17H30N2. The van der Waals surface area contributed by atoms with Crippen molar-refractivity contribution < 1.29 is 0 Å². The summed E-state index contributed by atoms with van der Waals surface area (Å²) in [7, 11) is 0. The summed E-state index contributed by atoms with van der Waals surface area (Å²) in [5, 5.41) is 3.73. The van der Waals surface area contributed by atoms with Crippen molar-refractivity contribution in [2.75, 3.05) is 26.2 Å². The standard InChI is InChI=1S/C17H30N2/c1-4-7-13-17(16-11-9-8-10-12-16)18-14-15-19(5-2)6-3/h8-12,17-18H,4-7,13-15H2,1-3H3. The summed E-state index contributed by atoms with van der Waals surface area (Å²) in [4.78, 5) is 2.47. The van der Waals surface area contributed by atoms with Crippen LogP contribution >= 0.6 is 0 Å². The Morgan fingerprint density at radius 3 is 2.32 bits per heavy atom. The van der Waals surface area contributed by atoms with E-state index < -0.39 is 0 Å². The fourth-order valence-electron chi connectivity index (χ4n) is 2.42. The lowest BCUT2D eigenvalue weighted by Crippen LogP contribution is -2.33. The highest BCUT2D eigenvalue weighted by atomic mass is 15.1. The van der Waals surface area contributed by atoms with Crippen molar-refractivity contribution in [1.29, 1.82) is 0 Å². The van der Waals surface area contributed by atoms with Crippen LogP contribution in [-0.4, -0.2) is 31.1 Å². The first kappa shape index (κ1) is 16.2. The third kappa shape index (κ3) is 6.22. The molecule has 1 rings (SSSR count). The highest BCUT2D eigenvalue weighted by molar-refractivity contribution is 5.18. The molecule has 19 heavy (non-hydrogen) atoms. The van der Waals surface area contributed by atoms with Gasteiger partial charge in [0.05, 0.1) is 0 Å². The summed E-state index contributed by atoms with van der Waals surface area (Å²) in [6, 6.07) is 11.4. The molecule has 0 spiro atoms. The largest absolute Gasteiger partial charge is 0.309 e. The van der Waals surface area contributed by atoms with E-state index in [0.29, 0.717) is 6.04 Å². The van der Waals surface area contributed by atoms with Gasteiger partial charge in [0.1, 0.15) is 0 Å². The summed E-state index contributed by atoms with van der Waals surface area (Å²) in [6.07, 6.45) is 3.79. The van der Waals surface area contributed by atoms with Crippen LogP contribution in [0.15, 0.2) is 30.3 Å². The van der Waals surface area contributed by atoms with Crippen LogP contribution in [0, 0.1) is 0 Å². The van der Waals surface area contributed by atoms with Crippen LogP contribution in [0.3, 0.4) is 0 Å². The first-order chi connectivity index (χ1) is 9.31. The maximum Gasteiger partial charge on any atom is 0.0320 e. The zero-order valence-corrected chi connectivity index (χ0v) is 12.9. The number of rotatable bonds is 10. The second-order valence-electron chi connectivity index (χ2n) is 5.09. The van der Waals surface area contributed by atoms with Crippen LogP contribution in [-0.2, 0) is 0 Å². The molecular weight excluding hydrogens is 232 g/mol. The lowest BCUT2D eigenvalue weighted by atomic mass is 10.0. The molecule has 0 amide bonds. The van der Waals surface area contributed by atoms with E-state index in [1.165, 1.54) is 24.8 Å². The summed E-state index contributed by atoms with van der Waals surface area (Å²) in [5.74, 6) is 0. The number of nitrogens with zero attached hydrogens (tertiary/aromatic N) is 1. The zero-order valence-electron chi connectivity index (χ0n) is 12.9. The molecule has 0 aliphatic carbocycles. The minimum Gasteiger partial charge on any atom is -0.309 e. The highest BCUT2D eigenvalue weighted by Crippen LogP contribution is 2.18. The van der Waals surface area contributed by atoms with Crippen molar-refractivity contribution in [3.8, 4) is 0 Å². The van der Waals surface area contributed by atoms with Gasteiger partial charge in [-0.25, -0.2) is 0 Å². The first-order valence-electron chi connectivity index (χ1n) is 7.82. The fourth-order valence-corrected chi connectivity index (χ4v) is 2.42. The molecule has 1 unspecified atom stereocenters. The number of likely N-dealkylation sites (N-methyl/N-ethyl adjacent to an activating group) is 1. The molecule has 1 N–H and O–H groups in total. The van der Waals surface area contributed by atoms with E-state index in [1.807, 2.05) is 0 Å². The Morgan fingerprint density at radius 1 is 1.05 bits per heavy atom. The van der Waals surface area contributed by atoms with Crippen LogP contribution < -0.4 is 5.32 Å². The molecule has 0 heterocycles. The van der Waals surface area contributed by atoms with Crippen LogP contribution in [0.4, 0.5) is 0 Å². The molecule has 2 heteroatoms. The zero-order chi connectivity index (χ0) is 13.9. The fraction of sp³-hybridized carbons (Fsp3) is 0.647. The molecule has 108 valence electrons. The molecule has 0 radical (unpaired) electrons. The number of hydrogen-bond acceptors (Lipinski definition) is 2. The molecule has 0 aliphatic rings. The Labute approximate surface area is 119 Å². The van der Waals surface area contributed by atoms with E-state index in [0.717, 1.165) is 26.2 Å². The molecule has 0 saturated heterocycles. The minimum absolute atomic E-state index is 0.511. The minimum atomic E-state index is 0.511. The van der Waals surface area contributed by atoms with Crippen molar-refractivity contribution in [1.82, 2.24) is 10.2 Å².